The molecular formula is C23H23BrFN5O3. The second-order valence-corrected chi connectivity index (χ2v) is 8.09. The minimum atomic E-state index is -0.456. The number of ether oxygens (including phenoxy) is 1. The lowest BCUT2D eigenvalue weighted by atomic mass is 10.1. The van der Waals surface area contributed by atoms with Crippen molar-refractivity contribution in [3.05, 3.63) is 59.6 Å². The molecule has 10 heteroatoms. The highest BCUT2D eigenvalue weighted by molar-refractivity contribution is 9.10. The summed E-state index contributed by atoms with van der Waals surface area (Å²) in [5, 5.41) is 6.23. The molecule has 3 aromatic rings. The maximum atomic E-state index is 14.3. The van der Waals surface area contributed by atoms with Crippen LogP contribution in [-0.4, -0.2) is 34.8 Å². The largest absolute Gasteiger partial charge is 0.491 e. The second kappa shape index (κ2) is 11.5. The first-order chi connectivity index (χ1) is 15.9. The zero-order valence-corrected chi connectivity index (χ0v) is 19.3. The number of anilines is 3. The third kappa shape index (κ3) is 6.56. The van der Waals surface area contributed by atoms with Crippen molar-refractivity contribution in [1.82, 2.24) is 9.97 Å². The standard InChI is InChI=1S/C23H23BrFN5O3/c1-2-22(32)29-20-11-16-19(12-21(20)33-9-7-15(26)4-3-8-31)27-13-28-23(16)30-18-6-5-14(24)10-17(18)25/h2,5-6,8,10-13,15H,1,3-4,7,9,26H2,(H,29,32)(H,27,28,30). The van der Waals surface area contributed by atoms with Crippen LogP contribution in [0.4, 0.5) is 21.6 Å². The molecule has 3 rings (SSSR count). The third-order valence-electron chi connectivity index (χ3n) is 4.77. The molecular weight excluding hydrogens is 493 g/mol. The van der Waals surface area contributed by atoms with Crippen molar-refractivity contribution in [2.75, 3.05) is 17.2 Å². The minimum absolute atomic E-state index is 0.180. The van der Waals surface area contributed by atoms with Crippen molar-refractivity contribution in [3.63, 3.8) is 0 Å². The van der Waals surface area contributed by atoms with Gasteiger partial charge in [0.2, 0.25) is 5.91 Å². The number of hydrogen-bond donors (Lipinski definition) is 3. The Hall–Kier alpha value is -3.37. The minimum Gasteiger partial charge on any atom is -0.491 e. The molecule has 0 aliphatic rings. The molecule has 0 fully saturated rings. The van der Waals surface area contributed by atoms with Gasteiger partial charge in [-0.3, -0.25) is 4.79 Å². The SMILES string of the molecule is C=CC(=O)Nc1cc2c(Nc3ccc(Br)cc3F)ncnc2cc1OCCC(N)CCC=O. The molecule has 1 amide bonds. The quantitative estimate of drug-likeness (QED) is 0.254. The molecule has 8 nitrogen and oxygen atoms in total. The van der Waals surface area contributed by atoms with Crippen molar-refractivity contribution < 1.29 is 18.7 Å². The molecule has 0 bridgehead atoms. The highest BCUT2D eigenvalue weighted by Gasteiger charge is 2.14. The number of nitrogens with zero attached hydrogens (tertiary/aromatic N) is 2. The van der Waals surface area contributed by atoms with Gasteiger partial charge in [0.1, 0.15) is 30.0 Å². The number of amides is 1. The Bertz CT molecular complexity index is 1170. The predicted octanol–water partition coefficient (Wildman–Crippen LogP) is 4.47. The molecule has 1 unspecified atom stereocenters. The summed E-state index contributed by atoms with van der Waals surface area (Å²) in [6, 6.07) is 7.76. The number of nitrogens with two attached hydrogens (primary N) is 1. The van der Waals surface area contributed by atoms with Crippen LogP contribution in [0.3, 0.4) is 0 Å². The van der Waals surface area contributed by atoms with Gasteiger partial charge in [0.15, 0.2) is 0 Å². The van der Waals surface area contributed by atoms with E-state index in [1.807, 2.05) is 0 Å². The van der Waals surface area contributed by atoms with Gasteiger partial charge in [-0.1, -0.05) is 22.5 Å². The van der Waals surface area contributed by atoms with E-state index in [9.17, 15) is 14.0 Å². The Morgan fingerprint density at radius 1 is 1.24 bits per heavy atom. The predicted molar refractivity (Wildman–Crippen MR) is 129 cm³/mol. The van der Waals surface area contributed by atoms with Crippen molar-refractivity contribution in [3.8, 4) is 5.75 Å². The van der Waals surface area contributed by atoms with Gasteiger partial charge in [0.25, 0.3) is 0 Å². The molecule has 0 aliphatic heterocycles. The third-order valence-corrected chi connectivity index (χ3v) is 5.26. The summed E-state index contributed by atoms with van der Waals surface area (Å²) in [6.45, 7) is 3.75. The zero-order chi connectivity index (χ0) is 23.8. The topological polar surface area (TPSA) is 119 Å². The van der Waals surface area contributed by atoms with Crippen LogP contribution in [0.5, 0.6) is 5.75 Å². The summed E-state index contributed by atoms with van der Waals surface area (Å²) in [5.74, 6) is -0.132. The van der Waals surface area contributed by atoms with Gasteiger partial charge in [-0.05, 0) is 43.2 Å². The normalized spacial score (nSPS) is 11.6. The van der Waals surface area contributed by atoms with Gasteiger partial charge < -0.3 is 25.9 Å². The van der Waals surface area contributed by atoms with Crippen LogP contribution in [-0.2, 0) is 9.59 Å². The smallest absolute Gasteiger partial charge is 0.247 e. The number of fused-ring (bicyclic) bond motifs is 1. The number of halogens is 2. The first-order valence-corrected chi connectivity index (χ1v) is 11.0. The van der Waals surface area contributed by atoms with E-state index >= 15 is 0 Å². The number of hydrogen-bond acceptors (Lipinski definition) is 7. The van der Waals surface area contributed by atoms with Crippen molar-refractivity contribution >= 4 is 56.2 Å². The van der Waals surface area contributed by atoms with Crippen LogP contribution in [0.25, 0.3) is 10.9 Å². The molecule has 2 aromatic carbocycles. The fourth-order valence-electron chi connectivity index (χ4n) is 3.05. The van der Waals surface area contributed by atoms with Crippen molar-refractivity contribution in [1.29, 1.82) is 0 Å². The first-order valence-electron chi connectivity index (χ1n) is 10.2. The summed E-state index contributed by atoms with van der Waals surface area (Å²) >= 11 is 3.23. The Labute approximate surface area is 198 Å². The van der Waals surface area contributed by atoms with Crippen molar-refractivity contribution in [2.24, 2.45) is 5.73 Å². The lowest BCUT2D eigenvalue weighted by Gasteiger charge is -2.16. The number of nitrogens with one attached hydrogen (secondary N) is 2. The molecule has 0 spiro atoms. The van der Waals surface area contributed by atoms with E-state index in [1.54, 1.807) is 24.3 Å². The number of aromatic nitrogens is 2. The monoisotopic (exact) mass is 515 g/mol. The average molecular weight is 516 g/mol. The molecule has 0 saturated heterocycles. The summed E-state index contributed by atoms with van der Waals surface area (Å²) in [7, 11) is 0. The Morgan fingerprint density at radius 3 is 2.79 bits per heavy atom. The van der Waals surface area contributed by atoms with E-state index < -0.39 is 11.7 Å². The van der Waals surface area contributed by atoms with Gasteiger partial charge in [0.05, 0.1) is 23.5 Å². The fourth-order valence-corrected chi connectivity index (χ4v) is 3.38. The number of aldehydes is 1. The number of carbonyl (C=O) groups excluding carboxylic acids is 2. The van der Waals surface area contributed by atoms with E-state index in [4.69, 9.17) is 10.5 Å². The maximum Gasteiger partial charge on any atom is 0.247 e. The summed E-state index contributed by atoms with van der Waals surface area (Å²) < 4.78 is 20.8. The van der Waals surface area contributed by atoms with Crippen LogP contribution in [0.15, 0.2) is 53.8 Å². The number of benzene rings is 2. The molecule has 4 N–H and O–H groups in total. The summed E-state index contributed by atoms with van der Waals surface area (Å²) in [5.41, 5.74) is 7.13. The second-order valence-electron chi connectivity index (χ2n) is 7.17. The molecule has 1 atom stereocenters. The molecule has 1 heterocycles. The Morgan fingerprint density at radius 2 is 2.06 bits per heavy atom. The summed E-state index contributed by atoms with van der Waals surface area (Å²) in [6.07, 6.45) is 4.81. The van der Waals surface area contributed by atoms with Crippen LogP contribution < -0.4 is 21.1 Å². The van der Waals surface area contributed by atoms with E-state index in [2.05, 4.69) is 43.1 Å². The fraction of sp³-hybridized carbons (Fsp3) is 0.217. The van der Waals surface area contributed by atoms with Gasteiger partial charge in [0, 0.05) is 28.4 Å². The van der Waals surface area contributed by atoms with Gasteiger partial charge >= 0.3 is 0 Å². The van der Waals surface area contributed by atoms with Crippen LogP contribution >= 0.6 is 15.9 Å². The number of rotatable bonds is 11. The van der Waals surface area contributed by atoms with Gasteiger partial charge in [-0.2, -0.15) is 0 Å². The molecule has 0 radical (unpaired) electrons. The molecule has 0 aliphatic carbocycles. The van der Waals surface area contributed by atoms with E-state index in [0.717, 1.165) is 12.4 Å². The van der Waals surface area contributed by atoms with E-state index in [0.29, 0.717) is 51.9 Å². The molecule has 33 heavy (non-hydrogen) atoms. The Kier molecular flexibility index (Phi) is 8.45. The van der Waals surface area contributed by atoms with Crippen molar-refractivity contribution in [2.45, 2.75) is 25.3 Å². The van der Waals surface area contributed by atoms with Gasteiger partial charge in [-0.15, -0.1) is 0 Å². The molecule has 1 aromatic heterocycles. The molecule has 172 valence electrons. The van der Waals surface area contributed by atoms with Crippen LogP contribution in [0, 0.1) is 5.82 Å². The zero-order valence-electron chi connectivity index (χ0n) is 17.7. The van der Waals surface area contributed by atoms with E-state index in [1.165, 1.54) is 12.4 Å². The lowest BCUT2D eigenvalue weighted by molar-refractivity contribution is -0.112. The van der Waals surface area contributed by atoms with Crippen LogP contribution in [0.2, 0.25) is 0 Å². The maximum absolute atomic E-state index is 14.3. The van der Waals surface area contributed by atoms with Crippen LogP contribution in [0.1, 0.15) is 19.3 Å². The average Bonchev–Trinajstić information content (AvgIpc) is 2.80. The summed E-state index contributed by atoms with van der Waals surface area (Å²) in [4.78, 5) is 31.0. The highest BCUT2D eigenvalue weighted by atomic mass is 79.9. The highest BCUT2D eigenvalue weighted by Crippen LogP contribution is 2.34. The first kappa shape index (κ1) is 24.3. The Balaban J connectivity index is 1.91. The van der Waals surface area contributed by atoms with Gasteiger partial charge in [-0.25, -0.2) is 14.4 Å². The molecule has 0 saturated carbocycles. The van der Waals surface area contributed by atoms with E-state index in [-0.39, 0.29) is 18.3 Å². The lowest BCUT2D eigenvalue weighted by Crippen LogP contribution is -2.23. The number of carbonyl (C=O) groups is 2.